The minimum atomic E-state index is 0.556. The van der Waals surface area contributed by atoms with Gasteiger partial charge >= 0.3 is 0 Å². The number of nitrogens with two attached hydrogens (primary N) is 1. The lowest BCUT2D eigenvalue weighted by molar-refractivity contribution is 0.886. The predicted octanol–water partition coefficient (Wildman–Crippen LogP) is 2.79. The summed E-state index contributed by atoms with van der Waals surface area (Å²) in [6.07, 6.45) is 4.28. The van der Waals surface area contributed by atoms with E-state index in [2.05, 4.69) is 26.2 Å². The first-order chi connectivity index (χ1) is 4.83. The highest BCUT2D eigenvalue weighted by atomic mass is 35.5. The Balaban J connectivity index is -0.0000000787. The van der Waals surface area contributed by atoms with Crippen LogP contribution < -0.4 is 5.73 Å². The van der Waals surface area contributed by atoms with E-state index in [9.17, 15) is 0 Å². The first kappa shape index (κ1) is 16.5. The van der Waals surface area contributed by atoms with Gasteiger partial charge in [-0.3, -0.25) is 0 Å². The Morgan fingerprint density at radius 2 is 1.50 bits per heavy atom. The molecule has 0 aliphatic rings. The lowest BCUT2D eigenvalue weighted by atomic mass is 10.4. The highest BCUT2D eigenvalue weighted by molar-refractivity contribution is 6.18. The molecular formula is C8H20ClN. The van der Waals surface area contributed by atoms with Crippen LogP contribution in [0.15, 0.2) is 12.7 Å². The van der Waals surface area contributed by atoms with Crippen molar-refractivity contribution in [1.82, 2.24) is 0 Å². The van der Waals surface area contributed by atoms with E-state index in [4.69, 9.17) is 11.6 Å². The van der Waals surface area contributed by atoms with Gasteiger partial charge in [-0.25, -0.2) is 0 Å². The molecule has 0 fully saturated rings. The van der Waals surface area contributed by atoms with E-state index in [-0.39, 0.29) is 0 Å². The first-order valence-corrected chi connectivity index (χ1v) is 4.11. The Labute approximate surface area is 70.3 Å². The second kappa shape index (κ2) is 36.1. The van der Waals surface area contributed by atoms with E-state index < -0.39 is 0 Å². The van der Waals surface area contributed by atoms with Crippen molar-refractivity contribution in [2.45, 2.75) is 26.7 Å². The Morgan fingerprint density at radius 1 is 1.30 bits per heavy atom. The lowest BCUT2D eigenvalue weighted by Gasteiger charge is -1.68. The van der Waals surface area contributed by atoms with Crippen LogP contribution in [0.2, 0.25) is 0 Å². The molecule has 0 bridgehead atoms. The zero-order valence-electron chi connectivity index (χ0n) is 7.36. The summed E-state index contributed by atoms with van der Waals surface area (Å²) in [5.74, 6) is 0.556. The second-order valence-electron chi connectivity index (χ2n) is 1.44. The molecule has 0 aliphatic carbocycles. The number of hydrogen-bond donors (Lipinski definition) is 1. The average Bonchev–Trinajstić information content (AvgIpc) is 2.08. The lowest BCUT2D eigenvalue weighted by Crippen LogP contribution is -1.69. The molecule has 0 saturated heterocycles. The van der Waals surface area contributed by atoms with Crippen LogP contribution in [0.5, 0.6) is 0 Å². The van der Waals surface area contributed by atoms with Crippen molar-refractivity contribution in [3.63, 3.8) is 0 Å². The van der Waals surface area contributed by atoms with Crippen LogP contribution in [0.1, 0.15) is 26.7 Å². The van der Waals surface area contributed by atoms with Crippen molar-refractivity contribution in [1.29, 1.82) is 0 Å². The van der Waals surface area contributed by atoms with E-state index in [1.54, 1.807) is 6.08 Å². The van der Waals surface area contributed by atoms with Gasteiger partial charge in [-0.1, -0.05) is 32.8 Å². The van der Waals surface area contributed by atoms with Crippen LogP contribution in [0.4, 0.5) is 0 Å². The molecule has 0 aromatic carbocycles. The standard InChI is InChI=1S/C4H10.C3H5Cl.CH5N/c1-3-4-2;1-2-3-4;1-2/h3-4H2,1-2H3;2H,1,3H2;2H2,1H3. The van der Waals surface area contributed by atoms with Crippen LogP contribution in [-0.4, -0.2) is 12.9 Å². The maximum absolute atomic E-state index is 5.07. The Hall–Kier alpha value is -0.0100. The van der Waals surface area contributed by atoms with Gasteiger partial charge in [0.05, 0.1) is 0 Å². The number of halogens is 1. The molecule has 0 aromatic rings. The minimum absolute atomic E-state index is 0.556. The molecule has 0 saturated carbocycles. The van der Waals surface area contributed by atoms with Crippen molar-refractivity contribution in [2.24, 2.45) is 5.73 Å². The molecule has 0 spiro atoms. The summed E-state index contributed by atoms with van der Waals surface area (Å²) in [5.41, 5.74) is 4.50. The fourth-order valence-electron chi connectivity index (χ4n) is 0. The van der Waals surface area contributed by atoms with Crippen molar-refractivity contribution in [3.8, 4) is 0 Å². The summed E-state index contributed by atoms with van der Waals surface area (Å²) in [6.45, 7) is 7.71. The summed E-state index contributed by atoms with van der Waals surface area (Å²) < 4.78 is 0. The molecule has 0 rings (SSSR count). The average molecular weight is 166 g/mol. The van der Waals surface area contributed by atoms with Crippen LogP contribution >= 0.6 is 11.6 Å². The highest BCUT2D eigenvalue weighted by Gasteiger charge is 1.56. The SMILES string of the molecule is C=CCCl.CCCC.CN. The smallest absolute Gasteiger partial charge is 0.0401 e. The molecule has 10 heavy (non-hydrogen) atoms. The third-order valence-electron chi connectivity index (χ3n) is 0.609. The van der Waals surface area contributed by atoms with Crippen molar-refractivity contribution < 1.29 is 0 Å². The molecule has 0 amide bonds. The quantitative estimate of drug-likeness (QED) is 0.494. The maximum Gasteiger partial charge on any atom is 0.0401 e. The summed E-state index contributed by atoms with van der Waals surface area (Å²) in [5, 5.41) is 0. The van der Waals surface area contributed by atoms with Gasteiger partial charge in [-0.15, -0.1) is 18.2 Å². The minimum Gasteiger partial charge on any atom is -0.333 e. The molecule has 0 atom stereocenters. The molecule has 0 unspecified atom stereocenters. The van der Waals surface area contributed by atoms with E-state index in [0.29, 0.717) is 5.88 Å². The molecule has 2 heteroatoms. The summed E-state index contributed by atoms with van der Waals surface area (Å²) in [7, 11) is 1.50. The van der Waals surface area contributed by atoms with E-state index in [1.807, 2.05) is 0 Å². The number of allylic oxidation sites excluding steroid dienone is 1. The van der Waals surface area contributed by atoms with E-state index >= 15 is 0 Å². The zero-order chi connectivity index (χ0) is 8.83. The summed E-state index contributed by atoms with van der Waals surface area (Å²) in [6, 6.07) is 0. The maximum atomic E-state index is 5.07. The second-order valence-corrected chi connectivity index (χ2v) is 1.75. The van der Waals surface area contributed by atoms with Gasteiger partial charge in [0.25, 0.3) is 0 Å². The molecule has 64 valence electrons. The van der Waals surface area contributed by atoms with Crippen molar-refractivity contribution in [2.75, 3.05) is 12.9 Å². The van der Waals surface area contributed by atoms with Gasteiger partial charge in [0.1, 0.15) is 0 Å². The van der Waals surface area contributed by atoms with Gasteiger partial charge in [-0.2, -0.15) is 0 Å². The number of unbranched alkanes of at least 4 members (excludes halogenated alkanes) is 1. The molecule has 0 aliphatic heterocycles. The molecule has 2 N–H and O–H groups in total. The van der Waals surface area contributed by atoms with Crippen molar-refractivity contribution >= 4 is 11.6 Å². The fourth-order valence-corrected chi connectivity index (χ4v) is 0. The summed E-state index contributed by atoms with van der Waals surface area (Å²) >= 11 is 5.07. The molecule has 0 radical (unpaired) electrons. The van der Waals surface area contributed by atoms with E-state index in [1.165, 1.54) is 19.9 Å². The van der Waals surface area contributed by atoms with Crippen LogP contribution in [0.25, 0.3) is 0 Å². The number of hydrogen-bond acceptors (Lipinski definition) is 1. The van der Waals surface area contributed by atoms with Crippen LogP contribution in [0.3, 0.4) is 0 Å². The normalized spacial score (nSPS) is 6.10. The van der Waals surface area contributed by atoms with Gasteiger partial charge in [-0.05, 0) is 7.05 Å². The van der Waals surface area contributed by atoms with Crippen molar-refractivity contribution in [3.05, 3.63) is 12.7 Å². The summed E-state index contributed by atoms with van der Waals surface area (Å²) in [4.78, 5) is 0. The largest absolute Gasteiger partial charge is 0.333 e. The predicted molar refractivity (Wildman–Crippen MR) is 51.6 cm³/mol. The monoisotopic (exact) mass is 165 g/mol. The Bertz CT molecular complexity index is 36.2. The van der Waals surface area contributed by atoms with Gasteiger partial charge in [0.2, 0.25) is 0 Å². The molecule has 0 heterocycles. The van der Waals surface area contributed by atoms with Crippen LogP contribution in [-0.2, 0) is 0 Å². The zero-order valence-corrected chi connectivity index (χ0v) is 8.12. The molecule has 0 aromatic heterocycles. The molecule has 1 nitrogen and oxygen atoms in total. The fraction of sp³-hybridized carbons (Fsp3) is 0.750. The van der Waals surface area contributed by atoms with Gasteiger partial charge in [0, 0.05) is 5.88 Å². The highest BCUT2D eigenvalue weighted by Crippen LogP contribution is 1.76. The topological polar surface area (TPSA) is 26.0 Å². The Morgan fingerprint density at radius 3 is 1.50 bits per heavy atom. The van der Waals surface area contributed by atoms with Crippen LogP contribution in [0, 0.1) is 0 Å². The number of rotatable bonds is 2. The molecular weight excluding hydrogens is 146 g/mol. The Kier molecular flexibility index (Phi) is 59.6. The first-order valence-electron chi connectivity index (χ1n) is 3.58. The number of alkyl halides is 1. The van der Waals surface area contributed by atoms with Gasteiger partial charge in [0.15, 0.2) is 0 Å². The third-order valence-corrected chi connectivity index (χ3v) is 0.827. The van der Waals surface area contributed by atoms with Gasteiger partial charge < -0.3 is 5.73 Å². The third kappa shape index (κ3) is 98.6. The van der Waals surface area contributed by atoms with E-state index in [0.717, 1.165) is 0 Å².